The zero-order chi connectivity index (χ0) is 12.4. The monoisotopic (exact) mass is 228 g/mol. The van der Waals surface area contributed by atoms with E-state index in [0.717, 1.165) is 32.1 Å². The number of carbonyl (C=O) groups is 1. The molecule has 0 aromatic rings. The lowest BCUT2D eigenvalue weighted by atomic mass is 9.76. The van der Waals surface area contributed by atoms with Gasteiger partial charge in [-0.2, -0.15) is 0 Å². The molecule has 1 N–H and O–H groups in total. The number of hydrogen-bond acceptors (Lipinski definition) is 1. The number of hydrogen-bond donors (Lipinski definition) is 1. The molecular formula is C14H28O2. The van der Waals surface area contributed by atoms with Gasteiger partial charge in [-0.05, 0) is 19.3 Å². The predicted molar refractivity (Wildman–Crippen MR) is 68.6 cm³/mol. The second-order valence-corrected chi connectivity index (χ2v) is 4.85. The van der Waals surface area contributed by atoms with Gasteiger partial charge in [-0.3, -0.25) is 4.79 Å². The Bertz CT molecular complexity index is 189. The summed E-state index contributed by atoms with van der Waals surface area (Å²) in [5, 5.41) is 9.36. The number of carboxylic acids is 1. The van der Waals surface area contributed by atoms with Crippen molar-refractivity contribution in [3.63, 3.8) is 0 Å². The van der Waals surface area contributed by atoms with E-state index in [1.54, 1.807) is 0 Å². The van der Waals surface area contributed by atoms with Gasteiger partial charge in [0.15, 0.2) is 0 Å². The Morgan fingerprint density at radius 1 is 0.938 bits per heavy atom. The normalized spacial score (nSPS) is 14.7. The first-order chi connectivity index (χ1) is 7.63. The van der Waals surface area contributed by atoms with Crippen LogP contribution in [0.2, 0.25) is 0 Å². The minimum atomic E-state index is -0.590. The van der Waals surface area contributed by atoms with Gasteiger partial charge in [0.05, 0.1) is 5.41 Å². The third-order valence-electron chi connectivity index (χ3n) is 3.62. The maximum atomic E-state index is 11.4. The second kappa shape index (κ2) is 8.60. The zero-order valence-corrected chi connectivity index (χ0v) is 11.2. The van der Waals surface area contributed by atoms with Crippen LogP contribution in [0.4, 0.5) is 0 Å². The smallest absolute Gasteiger partial charge is 0.309 e. The average Bonchev–Trinajstić information content (AvgIpc) is 2.27. The minimum Gasteiger partial charge on any atom is -0.481 e. The van der Waals surface area contributed by atoms with Gasteiger partial charge in [-0.1, -0.05) is 59.3 Å². The first-order valence-corrected chi connectivity index (χ1v) is 6.86. The van der Waals surface area contributed by atoms with Crippen LogP contribution in [0.5, 0.6) is 0 Å². The summed E-state index contributed by atoms with van der Waals surface area (Å²) in [5.74, 6) is -0.590. The molecule has 0 rings (SSSR count). The Labute approximate surface area is 100 Å². The maximum absolute atomic E-state index is 11.4. The van der Waals surface area contributed by atoms with Crippen LogP contribution in [0.1, 0.15) is 78.6 Å². The van der Waals surface area contributed by atoms with Crippen LogP contribution in [0, 0.1) is 5.41 Å². The molecule has 0 radical (unpaired) electrons. The molecule has 0 aliphatic rings. The summed E-state index contributed by atoms with van der Waals surface area (Å²) in [5.41, 5.74) is -0.443. The molecule has 96 valence electrons. The van der Waals surface area contributed by atoms with Gasteiger partial charge in [0.25, 0.3) is 0 Å². The van der Waals surface area contributed by atoms with Gasteiger partial charge in [0, 0.05) is 0 Å². The molecule has 2 nitrogen and oxygen atoms in total. The van der Waals surface area contributed by atoms with Crippen LogP contribution in [-0.2, 0) is 4.79 Å². The van der Waals surface area contributed by atoms with E-state index in [1.165, 1.54) is 25.7 Å². The minimum absolute atomic E-state index is 0.443. The average molecular weight is 228 g/mol. The van der Waals surface area contributed by atoms with Crippen molar-refractivity contribution in [3.8, 4) is 0 Å². The molecule has 16 heavy (non-hydrogen) atoms. The van der Waals surface area contributed by atoms with Crippen molar-refractivity contribution >= 4 is 5.97 Å². The molecule has 1 atom stereocenters. The van der Waals surface area contributed by atoms with Gasteiger partial charge in [-0.15, -0.1) is 0 Å². The van der Waals surface area contributed by atoms with E-state index < -0.39 is 11.4 Å². The molecule has 0 fully saturated rings. The third-order valence-corrected chi connectivity index (χ3v) is 3.62. The van der Waals surface area contributed by atoms with E-state index >= 15 is 0 Å². The van der Waals surface area contributed by atoms with E-state index in [1.807, 2.05) is 6.92 Å². The fourth-order valence-corrected chi connectivity index (χ4v) is 2.39. The summed E-state index contributed by atoms with van der Waals surface area (Å²) in [4.78, 5) is 11.4. The van der Waals surface area contributed by atoms with Crippen molar-refractivity contribution in [2.75, 3.05) is 0 Å². The molecule has 0 heterocycles. The number of rotatable bonds is 10. The van der Waals surface area contributed by atoms with Crippen molar-refractivity contribution in [1.29, 1.82) is 0 Å². The van der Waals surface area contributed by atoms with Gasteiger partial charge >= 0.3 is 5.97 Å². The van der Waals surface area contributed by atoms with Crippen molar-refractivity contribution in [2.45, 2.75) is 78.6 Å². The Kier molecular flexibility index (Phi) is 8.32. The highest BCUT2D eigenvalue weighted by atomic mass is 16.4. The van der Waals surface area contributed by atoms with E-state index in [4.69, 9.17) is 0 Å². The fourth-order valence-electron chi connectivity index (χ4n) is 2.39. The lowest BCUT2D eigenvalue weighted by Crippen LogP contribution is -2.30. The Balaban J connectivity index is 4.05. The first-order valence-electron chi connectivity index (χ1n) is 6.86. The van der Waals surface area contributed by atoms with E-state index in [0.29, 0.717) is 0 Å². The molecule has 0 aromatic heterocycles. The van der Waals surface area contributed by atoms with Crippen LogP contribution >= 0.6 is 0 Å². The molecule has 0 saturated heterocycles. The third kappa shape index (κ3) is 5.00. The highest BCUT2D eigenvalue weighted by Gasteiger charge is 2.34. The molecule has 0 aromatic carbocycles. The summed E-state index contributed by atoms with van der Waals surface area (Å²) >= 11 is 0. The van der Waals surface area contributed by atoms with E-state index in [-0.39, 0.29) is 0 Å². The summed E-state index contributed by atoms with van der Waals surface area (Å²) in [6.45, 7) is 6.28. The van der Waals surface area contributed by atoms with Crippen molar-refractivity contribution in [2.24, 2.45) is 5.41 Å². The molecule has 0 saturated carbocycles. The number of unbranched alkanes of at least 4 members (excludes halogenated alkanes) is 4. The first kappa shape index (κ1) is 15.5. The maximum Gasteiger partial charge on any atom is 0.309 e. The molecular weight excluding hydrogens is 200 g/mol. The summed E-state index contributed by atoms with van der Waals surface area (Å²) < 4.78 is 0. The van der Waals surface area contributed by atoms with Crippen molar-refractivity contribution in [3.05, 3.63) is 0 Å². The largest absolute Gasteiger partial charge is 0.481 e. The second-order valence-electron chi connectivity index (χ2n) is 4.85. The Morgan fingerprint density at radius 2 is 1.56 bits per heavy atom. The zero-order valence-electron chi connectivity index (χ0n) is 11.2. The van der Waals surface area contributed by atoms with Gasteiger partial charge in [-0.25, -0.2) is 0 Å². The topological polar surface area (TPSA) is 37.3 Å². The van der Waals surface area contributed by atoms with E-state index in [9.17, 15) is 9.90 Å². The highest BCUT2D eigenvalue weighted by molar-refractivity contribution is 5.74. The molecule has 0 bridgehead atoms. The van der Waals surface area contributed by atoms with Gasteiger partial charge in [0.1, 0.15) is 0 Å². The van der Waals surface area contributed by atoms with Gasteiger partial charge < -0.3 is 5.11 Å². The van der Waals surface area contributed by atoms with Crippen LogP contribution in [-0.4, -0.2) is 11.1 Å². The van der Waals surface area contributed by atoms with Crippen molar-refractivity contribution in [1.82, 2.24) is 0 Å². The lowest BCUT2D eigenvalue weighted by molar-refractivity contribution is -0.150. The molecule has 0 aliphatic heterocycles. The van der Waals surface area contributed by atoms with E-state index in [2.05, 4.69) is 13.8 Å². The van der Waals surface area contributed by atoms with Crippen molar-refractivity contribution < 1.29 is 9.90 Å². The standard InChI is InChI=1S/C14H28O2/c1-4-7-8-9-10-12-14(6-3,11-5-2)13(15)16/h4-12H2,1-3H3,(H,15,16). The molecule has 0 aliphatic carbocycles. The summed E-state index contributed by atoms with van der Waals surface area (Å²) in [7, 11) is 0. The Morgan fingerprint density at radius 3 is 2.00 bits per heavy atom. The summed E-state index contributed by atoms with van der Waals surface area (Å²) in [6.07, 6.45) is 9.45. The van der Waals surface area contributed by atoms with Crippen LogP contribution in [0.3, 0.4) is 0 Å². The number of carboxylic acid groups (broad SMARTS) is 1. The Hall–Kier alpha value is -0.530. The van der Waals surface area contributed by atoms with Crippen LogP contribution in [0.15, 0.2) is 0 Å². The van der Waals surface area contributed by atoms with Crippen LogP contribution < -0.4 is 0 Å². The lowest BCUT2D eigenvalue weighted by Gasteiger charge is -2.27. The van der Waals surface area contributed by atoms with Gasteiger partial charge in [0.2, 0.25) is 0 Å². The highest BCUT2D eigenvalue weighted by Crippen LogP contribution is 2.34. The number of aliphatic carboxylic acids is 1. The molecule has 1 unspecified atom stereocenters. The molecule has 0 spiro atoms. The summed E-state index contributed by atoms with van der Waals surface area (Å²) in [6, 6.07) is 0. The predicted octanol–water partition coefficient (Wildman–Crippen LogP) is 4.63. The fraction of sp³-hybridized carbons (Fsp3) is 0.929. The van der Waals surface area contributed by atoms with Crippen LogP contribution in [0.25, 0.3) is 0 Å². The quantitative estimate of drug-likeness (QED) is 0.554. The SMILES string of the molecule is CCCCCCCC(CC)(CCC)C(=O)O. The molecule has 2 heteroatoms. The molecule has 0 amide bonds.